The molecular weight excluding hydrogens is 530 g/mol. The lowest BCUT2D eigenvalue weighted by atomic mass is 9.87. The molecule has 0 saturated carbocycles. The minimum atomic E-state index is -1.38. The molecule has 0 fully saturated rings. The summed E-state index contributed by atoms with van der Waals surface area (Å²) in [6.45, 7) is 9.52. The molecule has 0 radical (unpaired) electrons. The van der Waals surface area contributed by atoms with Crippen LogP contribution in [0.3, 0.4) is 0 Å². The maximum absolute atomic E-state index is 12.6. The Morgan fingerprint density at radius 1 is 0.780 bits per heavy atom. The molecule has 2 aromatic rings. The SMILES string of the molecule is CC(C)CCC(=O)Oc1ccc(C(CC(C)OC(=O)Oc2ccccc2)[C@H](N)C(=O)O)cc1OC(=O)CCC(C)C. The first-order chi connectivity index (χ1) is 19.3. The van der Waals surface area contributed by atoms with Crippen molar-refractivity contribution < 1.29 is 43.2 Å². The van der Waals surface area contributed by atoms with Crippen LogP contribution in [0, 0.1) is 11.8 Å². The third-order valence-corrected chi connectivity index (χ3v) is 6.24. The summed E-state index contributed by atoms with van der Waals surface area (Å²) in [7, 11) is 0. The van der Waals surface area contributed by atoms with Gasteiger partial charge in [0.25, 0.3) is 0 Å². The van der Waals surface area contributed by atoms with Crippen molar-refractivity contribution in [3.05, 3.63) is 54.1 Å². The summed E-state index contributed by atoms with van der Waals surface area (Å²) in [5.41, 5.74) is 6.45. The summed E-state index contributed by atoms with van der Waals surface area (Å²) in [5, 5.41) is 9.71. The van der Waals surface area contributed by atoms with Crippen LogP contribution in [0.5, 0.6) is 17.2 Å². The summed E-state index contributed by atoms with van der Waals surface area (Å²) in [4.78, 5) is 49.2. The van der Waals surface area contributed by atoms with Crippen molar-refractivity contribution >= 4 is 24.1 Å². The van der Waals surface area contributed by atoms with Crippen molar-refractivity contribution in [1.82, 2.24) is 0 Å². The highest BCUT2D eigenvalue weighted by atomic mass is 16.7. The summed E-state index contributed by atoms with van der Waals surface area (Å²) < 4.78 is 21.6. The first-order valence-corrected chi connectivity index (χ1v) is 13.8. The van der Waals surface area contributed by atoms with Crippen LogP contribution < -0.4 is 19.9 Å². The number of carbonyl (C=O) groups excluding carboxylic acids is 3. The Morgan fingerprint density at radius 2 is 1.34 bits per heavy atom. The predicted octanol–water partition coefficient (Wildman–Crippen LogP) is 5.86. The van der Waals surface area contributed by atoms with E-state index < -0.39 is 42.1 Å². The molecule has 0 aliphatic carbocycles. The topological polar surface area (TPSA) is 151 Å². The minimum Gasteiger partial charge on any atom is -0.480 e. The first kappa shape index (κ1) is 33.3. The van der Waals surface area contributed by atoms with Crippen molar-refractivity contribution in [2.45, 2.75) is 84.8 Å². The molecule has 3 N–H and O–H groups in total. The van der Waals surface area contributed by atoms with Crippen LogP contribution >= 0.6 is 0 Å². The highest BCUT2D eigenvalue weighted by molar-refractivity contribution is 5.77. The molecule has 3 atom stereocenters. The van der Waals surface area contributed by atoms with E-state index >= 15 is 0 Å². The van der Waals surface area contributed by atoms with Crippen molar-refractivity contribution in [3.63, 3.8) is 0 Å². The molecule has 2 aromatic carbocycles. The van der Waals surface area contributed by atoms with Crippen LogP contribution in [-0.4, -0.2) is 41.3 Å². The van der Waals surface area contributed by atoms with Gasteiger partial charge >= 0.3 is 24.1 Å². The summed E-state index contributed by atoms with van der Waals surface area (Å²) >= 11 is 0. The molecule has 0 saturated heterocycles. The third kappa shape index (κ3) is 12.0. The van der Waals surface area contributed by atoms with E-state index in [9.17, 15) is 24.3 Å². The number of carboxylic acid groups (broad SMARTS) is 1. The number of para-hydroxylation sites is 1. The smallest absolute Gasteiger partial charge is 0.480 e. The van der Waals surface area contributed by atoms with Gasteiger partial charge in [0.05, 0.1) is 0 Å². The summed E-state index contributed by atoms with van der Waals surface area (Å²) in [6, 6.07) is 11.4. The van der Waals surface area contributed by atoms with Gasteiger partial charge in [-0.1, -0.05) is 52.0 Å². The number of benzene rings is 2. The number of carboxylic acids is 1. The van der Waals surface area contributed by atoms with E-state index in [1.807, 2.05) is 27.7 Å². The normalized spacial score (nSPS) is 13.3. The van der Waals surface area contributed by atoms with Crippen molar-refractivity contribution in [3.8, 4) is 17.2 Å². The highest BCUT2D eigenvalue weighted by Gasteiger charge is 2.30. The lowest BCUT2D eigenvalue weighted by molar-refractivity contribution is -0.139. The molecule has 10 heteroatoms. The molecule has 224 valence electrons. The number of hydrogen-bond acceptors (Lipinski definition) is 9. The van der Waals surface area contributed by atoms with Gasteiger partial charge in [-0.2, -0.15) is 0 Å². The Morgan fingerprint density at radius 3 is 1.88 bits per heavy atom. The molecule has 41 heavy (non-hydrogen) atoms. The zero-order valence-corrected chi connectivity index (χ0v) is 24.3. The van der Waals surface area contributed by atoms with Crippen molar-refractivity contribution in [2.24, 2.45) is 17.6 Å². The van der Waals surface area contributed by atoms with E-state index in [0.717, 1.165) is 0 Å². The summed E-state index contributed by atoms with van der Waals surface area (Å²) in [6.07, 6.45) is -0.161. The first-order valence-electron chi connectivity index (χ1n) is 13.8. The van der Waals surface area contributed by atoms with Crippen LogP contribution in [0.15, 0.2) is 48.5 Å². The minimum absolute atomic E-state index is 0.0195. The lowest BCUT2D eigenvalue weighted by Crippen LogP contribution is -2.38. The number of aliphatic carboxylic acids is 1. The van der Waals surface area contributed by atoms with Gasteiger partial charge in [0.15, 0.2) is 11.5 Å². The molecule has 0 aromatic heterocycles. The number of hydrogen-bond donors (Lipinski definition) is 2. The number of carbonyl (C=O) groups is 4. The Kier molecular flexibility index (Phi) is 13.3. The lowest BCUT2D eigenvalue weighted by Gasteiger charge is -2.25. The number of esters is 2. The average Bonchev–Trinajstić information content (AvgIpc) is 2.90. The van der Waals surface area contributed by atoms with Gasteiger partial charge < -0.3 is 29.8 Å². The second kappa shape index (κ2) is 16.4. The van der Waals surface area contributed by atoms with Gasteiger partial charge in [-0.15, -0.1) is 0 Å². The van der Waals surface area contributed by atoms with Gasteiger partial charge in [0.1, 0.15) is 17.9 Å². The molecule has 0 spiro atoms. The maximum Gasteiger partial charge on any atom is 0.514 e. The van der Waals surface area contributed by atoms with E-state index in [-0.39, 0.29) is 36.7 Å². The highest BCUT2D eigenvalue weighted by Crippen LogP contribution is 2.35. The Bertz CT molecular complexity index is 1160. The molecule has 0 amide bonds. The molecule has 0 aliphatic rings. The Labute approximate surface area is 241 Å². The van der Waals surface area contributed by atoms with Gasteiger partial charge in [0.2, 0.25) is 0 Å². The number of ether oxygens (including phenoxy) is 4. The van der Waals surface area contributed by atoms with Crippen LogP contribution in [0.25, 0.3) is 0 Å². The number of rotatable bonds is 15. The molecule has 0 aliphatic heterocycles. The van der Waals surface area contributed by atoms with E-state index in [4.69, 9.17) is 24.7 Å². The molecule has 0 bridgehead atoms. The fourth-order valence-corrected chi connectivity index (χ4v) is 3.92. The molecule has 10 nitrogen and oxygen atoms in total. The summed E-state index contributed by atoms with van der Waals surface area (Å²) in [5.74, 6) is -2.24. The van der Waals surface area contributed by atoms with Crippen LogP contribution in [0.1, 0.15) is 78.2 Å². The fraction of sp³-hybridized carbons (Fsp3) is 0.484. The monoisotopic (exact) mass is 571 g/mol. The fourth-order valence-electron chi connectivity index (χ4n) is 3.92. The van der Waals surface area contributed by atoms with Gasteiger partial charge in [-0.05, 0) is 67.9 Å². The molecular formula is C31H41NO9. The Balaban J connectivity index is 2.30. The quantitative estimate of drug-likeness (QED) is 0.151. The van der Waals surface area contributed by atoms with E-state index in [2.05, 4.69) is 0 Å². The maximum atomic E-state index is 12.6. The molecule has 0 heterocycles. The molecule has 2 rings (SSSR count). The van der Waals surface area contributed by atoms with E-state index in [1.54, 1.807) is 43.3 Å². The molecule has 2 unspecified atom stereocenters. The van der Waals surface area contributed by atoms with Crippen LogP contribution in [0.2, 0.25) is 0 Å². The second-order valence-electron chi connectivity index (χ2n) is 10.8. The van der Waals surface area contributed by atoms with Gasteiger partial charge in [-0.3, -0.25) is 14.4 Å². The number of nitrogens with two attached hydrogens (primary N) is 1. The van der Waals surface area contributed by atoms with Crippen LogP contribution in [0.4, 0.5) is 4.79 Å². The van der Waals surface area contributed by atoms with Gasteiger partial charge in [-0.25, -0.2) is 4.79 Å². The van der Waals surface area contributed by atoms with Crippen molar-refractivity contribution in [1.29, 1.82) is 0 Å². The average molecular weight is 572 g/mol. The van der Waals surface area contributed by atoms with Crippen molar-refractivity contribution in [2.75, 3.05) is 0 Å². The zero-order chi connectivity index (χ0) is 30.5. The van der Waals surface area contributed by atoms with E-state index in [0.29, 0.717) is 30.1 Å². The third-order valence-electron chi connectivity index (χ3n) is 6.24. The standard InChI is InChI=1S/C31H41NO9/c1-19(2)11-15-27(33)40-25-14-13-22(18-26(25)41-28(34)16-12-20(3)4)24(29(32)30(35)36)17-21(5)38-31(37)39-23-9-7-6-8-10-23/h6-10,13-14,18-21,24,29H,11-12,15-17,32H2,1-5H3,(H,35,36)/t21?,24?,29-/m0/s1. The largest absolute Gasteiger partial charge is 0.514 e. The van der Waals surface area contributed by atoms with E-state index in [1.165, 1.54) is 12.1 Å². The Hall–Kier alpha value is -3.92. The zero-order valence-electron chi connectivity index (χ0n) is 24.3. The van der Waals surface area contributed by atoms with Gasteiger partial charge in [0, 0.05) is 18.8 Å². The van der Waals surface area contributed by atoms with Crippen LogP contribution in [-0.2, 0) is 19.1 Å². The predicted molar refractivity (Wildman–Crippen MR) is 152 cm³/mol. The second-order valence-corrected chi connectivity index (χ2v) is 10.8.